The molecule has 98 valence electrons. The van der Waals surface area contributed by atoms with Crippen LogP contribution in [0.4, 0.5) is 0 Å². The van der Waals surface area contributed by atoms with Crippen LogP contribution >= 0.6 is 0 Å². The quantitative estimate of drug-likeness (QED) is 0.777. The van der Waals surface area contributed by atoms with E-state index in [2.05, 4.69) is 10.3 Å². The number of rotatable bonds is 5. The van der Waals surface area contributed by atoms with E-state index in [9.17, 15) is 4.79 Å². The van der Waals surface area contributed by atoms with Crippen LogP contribution in [0, 0.1) is 12.8 Å². The van der Waals surface area contributed by atoms with E-state index >= 15 is 0 Å². The number of pyridine rings is 1. The topological polar surface area (TPSA) is 62.2 Å². The van der Waals surface area contributed by atoms with Crippen LogP contribution in [-0.2, 0) is 4.79 Å². The van der Waals surface area contributed by atoms with Crippen molar-refractivity contribution in [2.24, 2.45) is 5.92 Å². The summed E-state index contributed by atoms with van der Waals surface area (Å²) in [4.78, 5) is 15.7. The molecule has 4 nitrogen and oxygen atoms in total. The number of amides is 1. The minimum absolute atomic E-state index is 0.0444. The molecular formula is C14H20N2O2. The molecule has 1 aromatic heterocycles. The summed E-state index contributed by atoms with van der Waals surface area (Å²) in [6, 6.07) is 1.90. The molecule has 0 bridgehead atoms. The summed E-state index contributed by atoms with van der Waals surface area (Å²) in [6.45, 7) is 5.78. The lowest BCUT2D eigenvalue weighted by Crippen LogP contribution is -2.37. The Bertz CT molecular complexity index is 430. The van der Waals surface area contributed by atoms with Crippen LogP contribution in [0.15, 0.2) is 24.5 Å². The fraction of sp³-hybridized carbons (Fsp3) is 0.429. The first kappa shape index (κ1) is 14.4. The number of nitrogens with one attached hydrogen (secondary N) is 1. The SMILES string of the molecule is Cc1cncc(/C=C/C(=O)NC(C)C(C)CO)c1. The van der Waals surface area contributed by atoms with Crippen molar-refractivity contribution in [2.45, 2.75) is 26.8 Å². The summed E-state index contributed by atoms with van der Waals surface area (Å²) < 4.78 is 0. The highest BCUT2D eigenvalue weighted by Gasteiger charge is 2.11. The van der Waals surface area contributed by atoms with Crippen molar-refractivity contribution in [3.05, 3.63) is 35.7 Å². The molecule has 4 heteroatoms. The molecule has 1 amide bonds. The van der Waals surface area contributed by atoms with E-state index in [1.54, 1.807) is 18.5 Å². The first-order chi connectivity index (χ1) is 8.52. The molecule has 0 aliphatic carbocycles. The monoisotopic (exact) mass is 248 g/mol. The van der Waals surface area contributed by atoms with Crippen molar-refractivity contribution in [3.63, 3.8) is 0 Å². The number of carbonyl (C=O) groups excluding carboxylic acids is 1. The number of hydrogen-bond donors (Lipinski definition) is 2. The maximum Gasteiger partial charge on any atom is 0.244 e. The van der Waals surface area contributed by atoms with Gasteiger partial charge in [0.15, 0.2) is 0 Å². The first-order valence-corrected chi connectivity index (χ1v) is 6.04. The molecule has 0 radical (unpaired) electrons. The Hall–Kier alpha value is -1.68. The van der Waals surface area contributed by atoms with Gasteiger partial charge in [0, 0.05) is 31.1 Å². The van der Waals surface area contributed by atoms with Gasteiger partial charge in [-0.1, -0.05) is 6.92 Å². The normalized spacial score (nSPS) is 14.4. The molecule has 0 saturated heterocycles. The zero-order valence-electron chi connectivity index (χ0n) is 11.1. The predicted molar refractivity (Wildman–Crippen MR) is 71.9 cm³/mol. The molecule has 2 unspecified atom stereocenters. The fourth-order valence-corrected chi connectivity index (χ4v) is 1.41. The maximum atomic E-state index is 11.6. The third kappa shape index (κ3) is 4.67. The maximum absolute atomic E-state index is 11.6. The van der Waals surface area contributed by atoms with E-state index in [-0.39, 0.29) is 24.5 Å². The van der Waals surface area contributed by atoms with Crippen LogP contribution in [0.3, 0.4) is 0 Å². The molecule has 2 N–H and O–H groups in total. The average Bonchev–Trinajstić information content (AvgIpc) is 2.35. The van der Waals surface area contributed by atoms with E-state index in [1.807, 2.05) is 26.8 Å². The van der Waals surface area contributed by atoms with Crippen LogP contribution in [0.1, 0.15) is 25.0 Å². The molecule has 18 heavy (non-hydrogen) atoms. The molecule has 1 aromatic rings. The van der Waals surface area contributed by atoms with Crippen LogP contribution in [0.25, 0.3) is 6.08 Å². The van der Waals surface area contributed by atoms with Crippen molar-refractivity contribution in [1.82, 2.24) is 10.3 Å². The van der Waals surface area contributed by atoms with E-state index in [1.165, 1.54) is 6.08 Å². The van der Waals surface area contributed by atoms with Gasteiger partial charge in [-0.05, 0) is 43.0 Å². The number of nitrogens with zero attached hydrogens (tertiary/aromatic N) is 1. The summed E-state index contributed by atoms with van der Waals surface area (Å²) in [5.41, 5.74) is 1.95. The molecule has 0 saturated carbocycles. The van der Waals surface area contributed by atoms with Crippen LogP contribution in [-0.4, -0.2) is 28.6 Å². The lowest BCUT2D eigenvalue weighted by atomic mass is 10.1. The van der Waals surface area contributed by atoms with Gasteiger partial charge in [0.1, 0.15) is 0 Å². The molecule has 0 spiro atoms. The summed E-state index contributed by atoms with van der Waals surface area (Å²) in [5, 5.41) is 11.8. The van der Waals surface area contributed by atoms with E-state index in [0.717, 1.165) is 11.1 Å². The van der Waals surface area contributed by atoms with Gasteiger partial charge in [0.25, 0.3) is 0 Å². The molecule has 0 aliphatic rings. The second kappa shape index (κ2) is 6.91. The van der Waals surface area contributed by atoms with Crippen molar-refractivity contribution >= 4 is 12.0 Å². The van der Waals surface area contributed by atoms with Crippen molar-refractivity contribution < 1.29 is 9.90 Å². The summed E-state index contributed by atoms with van der Waals surface area (Å²) >= 11 is 0. The zero-order chi connectivity index (χ0) is 13.5. The standard InChI is InChI=1S/C14H20N2O2/c1-10-6-13(8-15-7-10)4-5-14(18)16-12(3)11(2)9-17/h4-8,11-12,17H,9H2,1-3H3,(H,16,18)/b5-4+. The Balaban J connectivity index is 2.54. The van der Waals surface area contributed by atoms with Gasteiger partial charge in [0.2, 0.25) is 5.91 Å². The highest BCUT2D eigenvalue weighted by molar-refractivity contribution is 5.91. The summed E-state index contributed by atoms with van der Waals surface area (Å²) in [6.07, 6.45) is 6.68. The minimum atomic E-state index is -0.163. The second-order valence-electron chi connectivity index (χ2n) is 4.59. The zero-order valence-corrected chi connectivity index (χ0v) is 11.1. The van der Waals surface area contributed by atoms with E-state index < -0.39 is 0 Å². The van der Waals surface area contributed by atoms with Gasteiger partial charge in [0.05, 0.1) is 0 Å². The van der Waals surface area contributed by atoms with Crippen molar-refractivity contribution in [1.29, 1.82) is 0 Å². The highest BCUT2D eigenvalue weighted by atomic mass is 16.3. The van der Waals surface area contributed by atoms with Gasteiger partial charge in [-0.25, -0.2) is 0 Å². The Morgan fingerprint density at radius 3 is 2.83 bits per heavy atom. The third-order valence-electron chi connectivity index (χ3n) is 2.83. The fourth-order valence-electron chi connectivity index (χ4n) is 1.41. The molecule has 1 rings (SSSR count). The van der Waals surface area contributed by atoms with Gasteiger partial charge >= 0.3 is 0 Å². The molecule has 0 aliphatic heterocycles. The first-order valence-electron chi connectivity index (χ1n) is 6.04. The summed E-state index contributed by atoms with van der Waals surface area (Å²) in [5.74, 6) is -0.118. The number of hydrogen-bond acceptors (Lipinski definition) is 3. The Kier molecular flexibility index (Phi) is 5.52. The smallest absolute Gasteiger partial charge is 0.244 e. The number of aromatic nitrogens is 1. The van der Waals surface area contributed by atoms with Crippen LogP contribution < -0.4 is 5.32 Å². The third-order valence-corrected chi connectivity index (χ3v) is 2.83. The number of aryl methyl sites for hydroxylation is 1. The van der Waals surface area contributed by atoms with Gasteiger partial charge in [-0.2, -0.15) is 0 Å². The number of aliphatic hydroxyl groups is 1. The van der Waals surface area contributed by atoms with Gasteiger partial charge in [-0.15, -0.1) is 0 Å². The lowest BCUT2D eigenvalue weighted by molar-refractivity contribution is -0.117. The minimum Gasteiger partial charge on any atom is -0.396 e. The van der Waals surface area contributed by atoms with E-state index in [4.69, 9.17) is 5.11 Å². The van der Waals surface area contributed by atoms with Crippen molar-refractivity contribution in [3.8, 4) is 0 Å². The Morgan fingerprint density at radius 1 is 1.50 bits per heavy atom. The van der Waals surface area contributed by atoms with Crippen LogP contribution in [0.2, 0.25) is 0 Å². The van der Waals surface area contributed by atoms with Gasteiger partial charge in [-0.3, -0.25) is 9.78 Å². The number of carbonyl (C=O) groups is 1. The Labute approximate surface area is 108 Å². The largest absolute Gasteiger partial charge is 0.396 e. The predicted octanol–water partition coefficient (Wildman–Crippen LogP) is 1.54. The van der Waals surface area contributed by atoms with Crippen molar-refractivity contribution in [2.75, 3.05) is 6.61 Å². The highest BCUT2D eigenvalue weighted by Crippen LogP contribution is 2.04. The van der Waals surface area contributed by atoms with E-state index in [0.29, 0.717) is 0 Å². The Morgan fingerprint density at radius 2 is 2.22 bits per heavy atom. The molecule has 1 heterocycles. The lowest BCUT2D eigenvalue weighted by Gasteiger charge is -2.18. The average molecular weight is 248 g/mol. The molecule has 2 atom stereocenters. The molecule has 0 aromatic carbocycles. The van der Waals surface area contributed by atoms with Gasteiger partial charge < -0.3 is 10.4 Å². The molecular weight excluding hydrogens is 228 g/mol. The van der Waals surface area contributed by atoms with Crippen LogP contribution in [0.5, 0.6) is 0 Å². The molecule has 0 fully saturated rings. The number of aliphatic hydroxyl groups excluding tert-OH is 1. The second-order valence-corrected chi connectivity index (χ2v) is 4.59. The summed E-state index contributed by atoms with van der Waals surface area (Å²) in [7, 11) is 0.